The molecule has 0 saturated heterocycles. The first-order chi connectivity index (χ1) is 8.24. The van der Waals surface area contributed by atoms with Gasteiger partial charge in [0.25, 0.3) is 0 Å². The highest BCUT2D eigenvalue weighted by Crippen LogP contribution is 2.22. The van der Waals surface area contributed by atoms with Gasteiger partial charge in [-0.1, -0.05) is 0 Å². The minimum Gasteiger partial charge on any atom is -0.481 e. The summed E-state index contributed by atoms with van der Waals surface area (Å²) in [4.78, 5) is 21.0. The van der Waals surface area contributed by atoms with Crippen LogP contribution in [0.2, 0.25) is 0 Å². The van der Waals surface area contributed by atoms with Gasteiger partial charge in [-0.25, -0.2) is 4.98 Å². The number of hydrogen-bond acceptors (Lipinski definition) is 5. The van der Waals surface area contributed by atoms with Crippen LogP contribution in [0.25, 0.3) is 0 Å². The van der Waals surface area contributed by atoms with Crippen LogP contribution in [0.3, 0.4) is 0 Å². The van der Waals surface area contributed by atoms with Crippen molar-refractivity contribution in [2.75, 3.05) is 18.6 Å². The molecule has 1 rings (SSSR count). The lowest BCUT2D eigenvalue weighted by Crippen LogP contribution is -2.45. The predicted octanol–water partition coefficient (Wildman–Crippen LogP) is 1.48. The maximum Gasteiger partial charge on any atom is 0.323 e. The maximum absolute atomic E-state index is 10.9. The van der Waals surface area contributed by atoms with Gasteiger partial charge in [-0.2, -0.15) is 4.98 Å². The van der Waals surface area contributed by atoms with Gasteiger partial charge in [0.1, 0.15) is 6.54 Å². The fourth-order valence-corrected chi connectivity index (χ4v) is 1.49. The van der Waals surface area contributed by atoms with Gasteiger partial charge < -0.3 is 14.7 Å². The number of carbonyl (C=O) groups is 1. The van der Waals surface area contributed by atoms with E-state index in [4.69, 9.17) is 9.84 Å². The van der Waals surface area contributed by atoms with Crippen LogP contribution >= 0.6 is 0 Å². The zero-order valence-corrected chi connectivity index (χ0v) is 11.4. The quantitative estimate of drug-likeness (QED) is 0.876. The number of rotatable bonds is 4. The topological polar surface area (TPSA) is 75.5 Å². The molecule has 0 saturated carbocycles. The van der Waals surface area contributed by atoms with Crippen molar-refractivity contribution in [3.63, 3.8) is 0 Å². The van der Waals surface area contributed by atoms with E-state index in [-0.39, 0.29) is 6.54 Å². The Morgan fingerprint density at radius 2 is 2.06 bits per heavy atom. The van der Waals surface area contributed by atoms with Gasteiger partial charge in [-0.05, 0) is 27.7 Å². The van der Waals surface area contributed by atoms with Crippen LogP contribution in [0.4, 0.5) is 5.95 Å². The van der Waals surface area contributed by atoms with E-state index in [0.29, 0.717) is 11.8 Å². The number of anilines is 1. The van der Waals surface area contributed by atoms with Crippen molar-refractivity contribution in [3.05, 3.63) is 11.8 Å². The number of aliphatic carboxylic acids is 1. The number of carboxylic acid groups (broad SMARTS) is 1. The number of aromatic nitrogens is 2. The van der Waals surface area contributed by atoms with Gasteiger partial charge >= 0.3 is 5.97 Å². The molecular formula is C12H19N3O3. The van der Waals surface area contributed by atoms with Gasteiger partial charge in [-0.3, -0.25) is 4.79 Å². The molecule has 0 aliphatic rings. The van der Waals surface area contributed by atoms with Gasteiger partial charge in [-0.15, -0.1) is 0 Å². The van der Waals surface area contributed by atoms with E-state index in [1.165, 1.54) is 7.11 Å². The molecule has 100 valence electrons. The van der Waals surface area contributed by atoms with Gasteiger partial charge in [0.15, 0.2) is 0 Å². The van der Waals surface area contributed by atoms with Crippen LogP contribution in [-0.4, -0.2) is 40.2 Å². The fourth-order valence-electron chi connectivity index (χ4n) is 1.49. The molecule has 0 aliphatic heterocycles. The number of aryl methyl sites for hydroxylation is 1. The van der Waals surface area contributed by atoms with E-state index in [1.807, 2.05) is 27.7 Å². The predicted molar refractivity (Wildman–Crippen MR) is 68.1 cm³/mol. The first kappa shape index (κ1) is 14.2. The molecule has 0 atom stereocenters. The van der Waals surface area contributed by atoms with Crippen LogP contribution in [0.1, 0.15) is 26.5 Å². The average molecular weight is 253 g/mol. The van der Waals surface area contributed by atoms with E-state index in [0.717, 1.165) is 5.69 Å². The molecule has 0 aliphatic carbocycles. The van der Waals surface area contributed by atoms with Crippen molar-refractivity contribution >= 4 is 11.9 Å². The summed E-state index contributed by atoms with van der Waals surface area (Å²) >= 11 is 0. The highest BCUT2D eigenvalue weighted by atomic mass is 16.5. The molecule has 0 aromatic carbocycles. The summed E-state index contributed by atoms with van der Waals surface area (Å²) in [6.45, 7) is 7.39. The summed E-state index contributed by atoms with van der Waals surface area (Å²) in [5, 5.41) is 8.98. The molecule has 6 heteroatoms. The summed E-state index contributed by atoms with van der Waals surface area (Å²) in [7, 11) is 1.52. The summed E-state index contributed by atoms with van der Waals surface area (Å²) in [5.41, 5.74) is 0.341. The van der Waals surface area contributed by atoms with E-state index in [9.17, 15) is 4.79 Å². The summed E-state index contributed by atoms with van der Waals surface area (Å²) in [5.74, 6) is -0.132. The zero-order valence-electron chi connectivity index (χ0n) is 11.4. The normalized spacial score (nSPS) is 11.2. The SMILES string of the molecule is COc1cc(C)nc(N(CC(=O)O)C(C)(C)C)n1. The molecule has 6 nitrogen and oxygen atoms in total. The highest BCUT2D eigenvalue weighted by Gasteiger charge is 2.26. The number of nitrogens with zero attached hydrogens (tertiary/aromatic N) is 3. The Kier molecular flexibility index (Phi) is 4.11. The Morgan fingerprint density at radius 3 is 2.50 bits per heavy atom. The Morgan fingerprint density at radius 1 is 1.44 bits per heavy atom. The second kappa shape index (κ2) is 5.20. The van der Waals surface area contributed by atoms with Crippen LogP contribution in [0, 0.1) is 6.92 Å². The number of carboxylic acids is 1. The first-order valence-electron chi connectivity index (χ1n) is 5.63. The molecule has 1 aromatic heterocycles. The van der Waals surface area contributed by atoms with Gasteiger partial charge in [0.05, 0.1) is 7.11 Å². The van der Waals surface area contributed by atoms with Crippen molar-refractivity contribution in [3.8, 4) is 5.88 Å². The second-order valence-electron chi connectivity index (χ2n) is 5.00. The molecule has 0 amide bonds. The smallest absolute Gasteiger partial charge is 0.323 e. The van der Waals surface area contributed by atoms with Crippen molar-refractivity contribution in [1.82, 2.24) is 9.97 Å². The molecular weight excluding hydrogens is 234 g/mol. The number of ether oxygens (including phenoxy) is 1. The van der Waals surface area contributed by atoms with Gasteiger partial charge in [0.2, 0.25) is 11.8 Å². The number of methoxy groups -OCH3 is 1. The fraction of sp³-hybridized carbons (Fsp3) is 0.583. The molecule has 1 aromatic rings. The second-order valence-corrected chi connectivity index (χ2v) is 5.00. The highest BCUT2D eigenvalue weighted by molar-refractivity contribution is 5.73. The average Bonchev–Trinajstić information content (AvgIpc) is 2.23. The molecule has 1 heterocycles. The largest absolute Gasteiger partial charge is 0.481 e. The summed E-state index contributed by atoms with van der Waals surface area (Å²) < 4.78 is 5.08. The Balaban J connectivity index is 3.20. The van der Waals surface area contributed by atoms with Crippen LogP contribution in [0.5, 0.6) is 5.88 Å². The monoisotopic (exact) mass is 253 g/mol. The summed E-state index contributed by atoms with van der Waals surface area (Å²) in [6, 6.07) is 1.70. The third kappa shape index (κ3) is 3.58. The lowest BCUT2D eigenvalue weighted by atomic mass is 10.1. The van der Waals surface area contributed by atoms with Crippen molar-refractivity contribution in [1.29, 1.82) is 0 Å². The van der Waals surface area contributed by atoms with Crippen LogP contribution in [0.15, 0.2) is 6.07 Å². The summed E-state index contributed by atoms with van der Waals surface area (Å²) in [6.07, 6.45) is 0. The minimum absolute atomic E-state index is 0.157. The molecule has 0 bridgehead atoms. The molecule has 0 spiro atoms. The third-order valence-corrected chi connectivity index (χ3v) is 2.37. The van der Waals surface area contributed by atoms with E-state index in [1.54, 1.807) is 11.0 Å². The Labute approximate surface area is 107 Å². The molecule has 0 fully saturated rings. The Bertz CT molecular complexity index is 441. The van der Waals surface area contributed by atoms with Crippen molar-refractivity contribution < 1.29 is 14.6 Å². The lowest BCUT2D eigenvalue weighted by Gasteiger charge is -2.34. The van der Waals surface area contributed by atoms with Crippen molar-refractivity contribution in [2.24, 2.45) is 0 Å². The number of hydrogen-bond donors (Lipinski definition) is 1. The maximum atomic E-state index is 10.9. The van der Waals surface area contributed by atoms with Crippen LogP contribution in [-0.2, 0) is 4.79 Å². The minimum atomic E-state index is -0.922. The van der Waals surface area contributed by atoms with E-state index in [2.05, 4.69) is 9.97 Å². The first-order valence-corrected chi connectivity index (χ1v) is 5.63. The van der Waals surface area contributed by atoms with Crippen LogP contribution < -0.4 is 9.64 Å². The van der Waals surface area contributed by atoms with E-state index >= 15 is 0 Å². The lowest BCUT2D eigenvalue weighted by molar-refractivity contribution is -0.135. The molecule has 0 unspecified atom stereocenters. The molecule has 18 heavy (non-hydrogen) atoms. The third-order valence-electron chi connectivity index (χ3n) is 2.37. The zero-order chi connectivity index (χ0) is 13.9. The molecule has 1 N–H and O–H groups in total. The van der Waals surface area contributed by atoms with Crippen molar-refractivity contribution in [2.45, 2.75) is 33.2 Å². The van der Waals surface area contributed by atoms with E-state index < -0.39 is 11.5 Å². The Hall–Kier alpha value is -1.85. The molecule has 0 radical (unpaired) electrons. The van der Waals surface area contributed by atoms with Gasteiger partial charge in [0, 0.05) is 17.3 Å². The standard InChI is InChI=1S/C12H19N3O3/c1-8-6-9(18-5)14-11(13-8)15(7-10(16)17)12(2,3)4/h6H,7H2,1-5H3,(H,16,17).